The highest BCUT2D eigenvalue weighted by molar-refractivity contribution is 7.17. The van der Waals surface area contributed by atoms with Crippen molar-refractivity contribution in [1.82, 2.24) is 19.9 Å². The van der Waals surface area contributed by atoms with Crippen LogP contribution in [0.15, 0.2) is 40.9 Å². The highest BCUT2D eigenvalue weighted by Gasteiger charge is 2.24. The van der Waals surface area contributed by atoms with Crippen LogP contribution in [-0.4, -0.2) is 32.6 Å². The van der Waals surface area contributed by atoms with E-state index in [1.165, 1.54) is 22.2 Å². The Hall–Kier alpha value is -2.74. The number of thiophene rings is 1. The predicted octanol–water partition coefficient (Wildman–Crippen LogP) is 2.67. The van der Waals surface area contributed by atoms with Crippen molar-refractivity contribution in [2.24, 2.45) is 0 Å². The smallest absolute Gasteiger partial charge is 0.271 e. The molecule has 0 saturated heterocycles. The number of carbonyl (C=O) groups excluding carboxylic acids is 1. The maximum Gasteiger partial charge on any atom is 0.271 e. The van der Waals surface area contributed by atoms with Gasteiger partial charge in [0.2, 0.25) is 5.91 Å². The minimum Gasteiger partial charge on any atom is -0.489 e. The lowest BCUT2D eigenvalue weighted by atomic mass is 9.93. The van der Waals surface area contributed by atoms with Gasteiger partial charge in [-0.2, -0.15) is 0 Å². The van der Waals surface area contributed by atoms with E-state index >= 15 is 0 Å². The first-order valence-corrected chi connectivity index (χ1v) is 10.3. The van der Waals surface area contributed by atoms with Crippen molar-refractivity contribution < 1.29 is 9.53 Å². The Labute approximate surface area is 166 Å². The van der Waals surface area contributed by atoms with Crippen LogP contribution in [0.5, 0.6) is 5.75 Å². The number of nitrogens with one attached hydrogen (secondary N) is 1. The van der Waals surface area contributed by atoms with Gasteiger partial charge in [0.05, 0.1) is 23.6 Å². The zero-order chi connectivity index (χ0) is 19.5. The summed E-state index contributed by atoms with van der Waals surface area (Å²) in [5.41, 5.74) is 1.40. The number of carbonyl (C=O) groups is 1. The SMILES string of the molecule is Cc1ncccc1OC1CCC(NC(=O)Cn2cnc3ccsc3c2=O)CC1. The van der Waals surface area contributed by atoms with Crippen LogP contribution >= 0.6 is 11.3 Å². The number of nitrogens with zero attached hydrogens (tertiary/aromatic N) is 3. The van der Waals surface area contributed by atoms with E-state index in [4.69, 9.17) is 4.74 Å². The molecule has 0 unspecified atom stereocenters. The van der Waals surface area contributed by atoms with Gasteiger partial charge in [-0.25, -0.2) is 4.98 Å². The molecule has 1 amide bonds. The standard InChI is InChI=1S/C20H22N4O3S/c1-13-17(3-2-9-21-13)27-15-6-4-14(5-7-15)23-18(25)11-24-12-22-16-8-10-28-19(16)20(24)26/h2-3,8-10,12,14-15H,4-7,11H2,1H3,(H,23,25). The molecule has 3 heterocycles. The summed E-state index contributed by atoms with van der Waals surface area (Å²) in [6.07, 6.45) is 6.80. The normalized spacial score (nSPS) is 19.5. The van der Waals surface area contributed by atoms with Crippen molar-refractivity contribution in [2.45, 2.75) is 51.3 Å². The van der Waals surface area contributed by atoms with Crippen molar-refractivity contribution in [3.63, 3.8) is 0 Å². The fourth-order valence-electron chi connectivity index (χ4n) is 3.52. The average molecular weight is 398 g/mol. The molecule has 3 aromatic heterocycles. The van der Waals surface area contributed by atoms with Crippen molar-refractivity contribution in [2.75, 3.05) is 0 Å². The fraction of sp³-hybridized carbons (Fsp3) is 0.400. The molecule has 3 aromatic rings. The van der Waals surface area contributed by atoms with E-state index in [0.717, 1.165) is 37.1 Å². The van der Waals surface area contributed by atoms with E-state index < -0.39 is 0 Å². The van der Waals surface area contributed by atoms with Gasteiger partial charge in [-0.1, -0.05) is 0 Å². The van der Waals surface area contributed by atoms with E-state index in [9.17, 15) is 9.59 Å². The minimum atomic E-state index is -0.168. The van der Waals surface area contributed by atoms with Crippen molar-refractivity contribution >= 4 is 27.5 Å². The van der Waals surface area contributed by atoms with Crippen LogP contribution in [0.2, 0.25) is 0 Å². The molecule has 1 N–H and O–H groups in total. The number of aryl methyl sites for hydroxylation is 1. The fourth-order valence-corrected chi connectivity index (χ4v) is 4.31. The van der Waals surface area contributed by atoms with E-state index in [1.54, 1.807) is 12.3 Å². The first-order valence-electron chi connectivity index (χ1n) is 9.40. The van der Waals surface area contributed by atoms with Crippen LogP contribution in [0.25, 0.3) is 10.2 Å². The summed E-state index contributed by atoms with van der Waals surface area (Å²) in [5, 5.41) is 4.87. The van der Waals surface area contributed by atoms with Crippen molar-refractivity contribution in [3.8, 4) is 5.75 Å². The lowest BCUT2D eigenvalue weighted by Gasteiger charge is -2.29. The third kappa shape index (κ3) is 4.06. The summed E-state index contributed by atoms with van der Waals surface area (Å²) in [6, 6.07) is 5.72. The van der Waals surface area contributed by atoms with Crippen LogP contribution in [0.1, 0.15) is 31.4 Å². The largest absolute Gasteiger partial charge is 0.489 e. The Bertz CT molecular complexity index is 1040. The van der Waals surface area contributed by atoms with Gasteiger partial charge in [0.1, 0.15) is 17.0 Å². The molecule has 0 radical (unpaired) electrons. The lowest BCUT2D eigenvalue weighted by molar-refractivity contribution is -0.122. The molecule has 1 saturated carbocycles. The van der Waals surface area contributed by atoms with Gasteiger partial charge < -0.3 is 10.1 Å². The Morgan fingerprint density at radius 2 is 2.11 bits per heavy atom. The quantitative estimate of drug-likeness (QED) is 0.714. The second-order valence-corrected chi connectivity index (χ2v) is 7.97. The molecule has 0 atom stereocenters. The summed E-state index contributed by atoms with van der Waals surface area (Å²) in [6.45, 7) is 1.93. The van der Waals surface area contributed by atoms with Gasteiger partial charge in [-0.05, 0) is 56.2 Å². The van der Waals surface area contributed by atoms with Gasteiger partial charge in [0.25, 0.3) is 5.56 Å². The zero-order valence-corrected chi connectivity index (χ0v) is 16.4. The minimum absolute atomic E-state index is 0.00895. The second kappa shape index (κ2) is 8.10. The van der Waals surface area contributed by atoms with Crippen molar-refractivity contribution in [1.29, 1.82) is 0 Å². The first kappa shape index (κ1) is 18.6. The highest BCUT2D eigenvalue weighted by Crippen LogP contribution is 2.25. The number of aromatic nitrogens is 3. The molecule has 8 heteroatoms. The lowest BCUT2D eigenvalue weighted by Crippen LogP contribution is -2.42. The van der Waals surface area contributed by atoms with E-state index in [-0.39, 0.29) is 30.2 Å². The van der Waals surface area contributed by atoms with E-state index in [0.29, 0.717) is 10.2 Å². The van der Waals surface area contributed by atoms with Crippen LogP contribution in [0, 0.1) is 6.92 Å². The third-order valence-corrected chi connectivity index (χ3v) is 5.93. The Balaban J connectivity index is 1.29. The molecule has 0 aromatic carbocycles. The zero-order valence-electron chi connectivity index (χ0n) is 15.6. The molecule has 28 heavy (non-hydrogen) atoms. The summed E-state index contributed by atoms with van der Waals surface area (Å²) in [7, 11) is 0. The maximum atomic E-state index is 12.4. The number of amides is 1. The van der Waals surface area contributed by atoms with Crippen LogP contribution in [0.3, 0.4) is 0 Å². The molecule has 0 aliphatic heterocycles. The van der Waals surface area contributed by atoms with E-state index in [2.05, 4.69) is 15.3 Å². The summed E-state index contributed by atoms with van der Waals surface area (Å²) >= 11 is 1.35. The number of rotatable bonds is 5. The van der Waals surface area contributed by atoms with Gasteiger partial charge in [-0.15, -0.1) is 11.3 Å². The Morgan fingerprint density at radius 1 is 1.29 bits per heavy atom. The molecule has 1 fully saturated rings. The summed E-state index contributed by atoms with van der Waals surface area (Å²) in [4.78, 5) is 33.3. The molecule has 146 valence electrons. The molecular weight excluding hydrogens is 376 g/mol. The van der Waals surface area contributed by atoms with Crippen LogP contribution in [-0.2, 0) is 11.3 Å². The molecular formula is C20H22N4O3S. The van der Waals surface area contributed by atoms with Crippen LogP contribution in [0.4, 0.5) is 0 Å². The predicted molar refractivity (Wildman–Crippen MR) is 108 cm³/mol. The highest BCUT2D eigenvalue weighted by atomic mass is 32.1. The van der Waals surface area contributed by atoms with Gasteiger partial charge in [-0.3, -0.25) is 19.1 Å². The monoisotopic (exact) mass is 398 g/mol. The topological polar surface area (TPSA) is 86.1 Å². The molecule has 7 nitrogen and oxygen atoms in total. The molecule has 0 bridgehead atoms. The van der Waals surface area contributed by atoms with Gasteiger partial charge in [0.15, 0.2) is 0 Å². The second-order valence-electron chi connectivity index (χ2n) is 7.06. The summed E-state index contributed by atoms with van der Waals surface area (Å²) < 4.78 is 8.01. The molecule has 1 aliphatic rings. The molecule has 0 spiro atoms. The Morgan fingerprint density at radius 3 is 2.89 bits per heavy atom. The molecule has 4 rings (SSSR count). The van der Waals surface area contributed by atoms with Crippen LogP contribution < -0.4 is 15.6 Å². The van der Waals surface area contributed by atoms with Crippen molar-refractivity contribution in [3.05, 3.63) is 52.2 Å². The van der Waals surface area contributed by atoms with Gasteiger partial charge >= 0.3 is 0 Å². The summed E-state index contributed by atoms with van der Waals surface area (Å²) in [5.74, 6) is 0.665. The number of hydrogen-bond donors (Lipinski definition) is 1. The number of pyridine rings is 1. The Kier molecular flexibility index (Phi) is 5.38. The van der Waals surface area contributed by atoms with Gasteiger partial charge in [0, 0.05) is 12.2 Å². The number of ether oxygens (including phenoxy) is 1. The molecule has 1 aliphatic carbocycles. The number of hydrogen-bond acceptors (Lipinski definition) is 6. The average Bonchev–Trinajstić information content (AvgIpc) is 3.17. The van der Waals surface area contributed by atoms with E-state index in [1.807, 2.05) is 24.4 Å². The number of fused-ring (bicyclic) bond motifs is 1. The first-order chi connectivity index (χ1) is 13.6. The third-order valence-electron chi connectivity index (χ3n) is 5.04. The maximum absolute atomic E-state index is 12.4.